The molecule has 0 aliphatic heterocycles. The Morgan fingerprint density at radius 1 is 1.30 bits per heavy atom. The highest BCUT2D eigenvalue weighted by Gasteiger charge is 2.34. The van der Waals surface area contributed by atoms with Gasteiger partial charge in [0.05, 0.1) is 5.56 Å². The summed E-state index contributed by atoms with van der Waals surface area (Å²) in [7, 11) is 0. The minimum absolute atomic E-state index is 0.0240. The summed E-state index contributed by atoms with van der Waals surface area (Å²) >= 11 is 0. The summed E-state index contributed by atoms with van der Waals surface area (Å²) in [5.41, 5.74) is 3.81. The van der Waals surface area contributed by atoms with E-state index in [1.54, 1.807) is 20.8 Å². The van der Waals surface area contributed by atoms with Crippen LogP contribution < -0.4 is 11.1 Å². The highest BCUT2D eigenvalue weighted by atomic mass is 19.4. The third-order valence-corrected chi connectivity index (χ3v) is 2.95. The molecule has 1 aromatic rings. The second kappa shape index (κ2) is 7.16. The van der Waals surface area contributed by atoms with Gasteiger partial charge in [0, 0.05) is 19.0 Å². The highest BCUT2D eigenvalue weighted by Crippen LogP contribution is 2.32. The molecule has 1 rings (SSSR count). The van der Waals surface area contributed by atoms with Crippen LogP contribution in [0.3, 0.4) is 0 Å². The van der Waals surface area contributed by atoms with Crippen molar-refractivity contribution < 1.29 is 27.1 Å². The number of carbonyl (C=O) groups excluding carboxylic acids is 1. The molecule has 1 aromatic carbocycles. The normalized spacial score (nSPS) is 13.6. The van der Waals surface area contributed by atoms with Crippen LogP contribution >= 0.6 is 0 Å². The number of nitrogens with one attached hydrogen (secondary N) is 1. The van der Waals surface area contributed by atoms with Crippen LogP contribution in [0.15, 0.2) is 18.2 Å². The molecule has 0 spiro atoms. The lowest BCUT2D eigenvalue weighted by molar-refractivity contribution is -0.140. The number of alkyl halides is 3. The third kappa shape index (κ3) is 6.05. The van der Waals surface area contributed by atoms with Crippen molar-refractivity contribution in [1.82, 2.24) is 5.32 Å². The van der Waals surface area contributed by atoms with Crippen molar-refractivity contribution in [3.8, 4) is 0 Å². The fourth-order valence-electron chi connectivity index (χ4n) is 1.87. The molecule has 130 valence electrons. The Morgan fingerprint density at radius 3 is 2.35 bits per heavy atom. The summed E-state index contributed by atoms with van der Waals surface area (Å²) in [6.45, 7) is 5.13. The van der Waals surface area contributed by atoms with Crippen LogP contribution in [0.5, 0.6) is 0 Å². The van der Waals surface area contributed by atoms with E-state index in [1.807, 2.05) is 0 Å². The fourth-order valence-corrected chi connectivity index (χ4v) is 1.87. The first kappa shape index (κ1) is 19.2. The predicted octanol–water partition coefficient (Wildman–Crippen LogP) is 3.41. The van der Waals surface area contributed by atoms with Gasteiger partial charge in [0.2, 0.25) is 0 Å². The van der Waals surface area contributed by atoms with E-state index in [9.17, 15) is 22.4 Å². The molecule has 1 atom stereocenters. The summed E-state index contributed by atoms with van der Waals surface area (Å²) in [4.78, 5) is 11.6. The maximum atomic E-state index is 13.6. The van der Waals surface area contributed by atoms with Gasteiger partial charge in [-0.15, -0.1) is 0 Å². The van der Waals surface area contributed by atoms with Gasteiger partial charge < -0.3 is 15.8 Å². The number of hydrogen-bond donors (Lipinski definition) is 2. The van der Waals surface area contributed by atoms with Crippen LogP contribution in [0.2, 0.25) is 0 Å². The third-order valence-electron chi connectivity index (χ3n) is 2.95. The van der Waals surface area contributed by atoms with Crippen LogP contribution in [0.4, 0.5) is 22.4 Å². The number of amides is 1. The monoisotopic (exact) mass is 336 g/mol. The zero-order chi connectivity index (χ0) is 17.8. The van der Waals surface area contributed by atoms with E-state index < -0.39 is 35.2 Å². The van der Waals surface area contributed by atoms with E-state index in [2.05, 4.69) is 5.32 Å². The lowest BCUT2D eigenvalue weighted by atomic mass is 9.97. The SMILES string of the molecule is CC(C)(C)OC(=O)NCC(CN)c1ccc(C(F)(F)F)c(F)c1. The lowest BCUT2D eigenvalue weighted by Crippen LogP contribution is -2.36. The first-order chi connectivity index (χ1) is 10.4. The smallest absolute Gasteiger partial charge is 0.419 e. The van der Waals surface area contributed by atoms with Gasteiger partial charge in [0.1, 0.15) is 11.4 Å². The van der Waals surface area contributed by atoms with Crippen molar-refractivity contribution in [3.63, 3.8) is 0 Å². The Morgan fingerprint density at radius 2 is 1.91 bits per heavy atom. The van der Waals surface area contributed by atoms with E-state index >= 15 is 0 Å². The van der Waals surface area contributed by atoms with Crippen molar-refractivity contribution in [3.05, 3.63) is 35.1 Å². The molecule has 1 amide bonds. The highest BCUT2D eigenvalue weighted by molar-refractivity contribution is 5.67. The molecular weight excluding hydrogens is 316 g/mol. The maximum Gasteiger partial charge on any atom is 0.419 e. The van der Waals surface area contributed by atoms with Gasteiger partial charge in [-0.2, -0.15) is 13.2 Å². The van der Waals surface area contributed by atoms with Crippen molar-refractivity contribution in [2.45, 2.75) is 38.5 Å². The molecule has 0 aromatic heterocycles. The molecule has 8 heteroatoms. The molecule has 0 bridgehead atoms. The van der Waals surface area contributed by atoms with Gasteiger partial charge in [-0.05, 0) is 38.5 Å². The number of rotatable bonds is 4. The molecule has 4 nitrogen and oxygen atoms in total. The molecule has 3 N–H and O–H groups in total. The van der Waals surface area contributed by atoms with Gasteiger partial charge >= 0.3 is 12.3 Å². The van der Waals surface area contributed by atoms with Crippen LogP contribution in [0.1, 0.15) is 37.8 Å². The number of carbonyl (C=O) groups is 1. The summed E-state index contributed by atoms with van der Waals surface area (Å²) in [6, 6.07) is 2.61. The summed E-state index contributed by atoms with van der Waals surface area (Å²) in [5, 5.41) is 2.47. The second-order valence-electron chi connectivity index (χ2n) is 6.05. The predicted molar refractivity (Wildman–Crippen MR) is 77.4 cm³/mol. The number of nitrogens with two attached hydrogens (primary N) is 1. The quantitative estimate of drug-likeness (QED) is 0.828. The van der Waals surface area contributed by atoms with Crippen molar-refractivity contribution in [1.29, 1.82) is 0 Å². The molecule has 0 fully saturated rings. The number of ether oxygens (including phenoxy) is 1. The Balaban J connectivity index is 2.79. The number of benzene rings is 1. The van der Waals surface area contributed by atoms with Gasteiger partial charge in [-0.3, -0.25) is 0 Å². The minimum atomic E-state index is -4.75. The van der Waals surface area contributed by atoms with E-state index in [1.165, 1.54) is 0 Å². The van der Waals surface area contributed by atoms with E-state index in [0.29, 0.717) is 6.07 Å². The molecule has 0 aliphatic rings. The molecule has 0 saturated carbocycles. The maximum absolute atomic E-state index is 13.6. The van der Waals surface area contributed by atoms with Crippen molar-refractivity contribution >= 4 is 6.09 Å². The topological polar surface area (TPSA) is 64.3 Å². The average molecular weight is 336 g/mol. The van der Waals surface area contributed by atoms with Gasteiger partial charge in [0.15, 0.2) is 0 Å². The average Bonchev–Trinajstić information content (AvgIpc) is 2.35. The molecule has 0 saturated heterocycles. The summed E-state index contributed by atoms with van der Waals surface area (Å²) in [6.07, 6.45) is -5.43. The van der Waals surface area contributed by atoms with Gasteiger partial charge in [-0.1, -0.05) is 6.07 Å². The minimum Gasteiger partial charge on any atom is -0.444 e. The van der Waals surface area contributed by atoms with Gasteiger partial charge in [-0.25, -0.2) is 9.18 Å². The van der Waals surface area contributed by atoms with Crippen LogP contribution in [-0.4, -0.2) is 24.8 Å². The molecule has 0 radical (unpaired) electrons. The Kier molecular flexibility index (Phi) is 5.98. The van der Waals surface area contributed by atoms with E-state index in [0.717, 1.165) is 12.1 Å². The summed E-state index contributed by atoms with van der Waals surface area (Å²) < 4.78 is 56.2. The van der Waals surface area contributed by atoms with E-state index in [-0.39, 0.29) is 18.7 Å². The van der Waals surface area contributed by atoms with E-state index in [4.69, 9.17) is 10.5 Å². The number of alkyl carbamates (subject to hydrolysis) is 1. The van der Waals surface area contributed by atoms with Crippen LogP contribution in [0, 0.1) is 5.82 Å². The molecule has 1 unspecified atom stereocenters. The zero-order valence-electron chi connectivity index (χ0n) is 13.1. The number of hydrogen-bond acceptors (Lipinski definition) is 3. The molecular formula is C15H20F4N2O2. The molecule has 0 heterocycles. The standard InChI is InChI=1S/C15H20F4N2O2/c1-14(2,3)23-13(22)21-8-10(7-20)9-4-5-11(12(16)6-9)15(17,18)19/h4-6,10H,7-8,20H2,1-3H3,(H,21,22). The zero-order valence-corrected chi connectivity index (χ0v) is 13.1. The second-order valence-corrected chi connectivity index (χ2v) is 6.05. The Hall–Kier alpha value is -1.83. The Labute approximate surface area is 132 Å². The van der Waals surface area contributed by atoms with Crippen LogP contribution in [0.25, 0.3) is 0 Å². The fraction of sp³-hybridized carbons (Fsp3) is 0.533. The summed E-state index contributed by atoms with van der Waals surface area (Å²) in [5.74, 6) is -1.90. The largest absolute Gasteiger partial charge is 0.444 e. The Bertz CT molecular complexity index is 553. The first-order valence-electron chi connectivity index (χ1n) is 6.97. The first-order valence-corrected chi connectivity index (χ1v) is 6.97. The molecule has 23 heavy (non-hydrogen) atoms. The van der Waals surface area contributed by atoms with Crippen molar-refractivity contribution in [2.75, 3.05) is 13.1 Å². The van der Waals surface area contributed by atoms with Crippen LogP contribution in [-0.2, 0) is 10.9 Å². The number of halogens is 4. The molecule has 0 aliphatic carbocycles. The van der Waals surface area contributed by atoms with Crippen molar-refractivity contribution in [2.24, 2.45) is 5.73 Å². The lowest BCUT2D eigenvalue weighted by Gasteiger charge is -2.22. The van der Waals surface area contributed by atoms with Gasteiger partial charge in [0.25, 0.3) is 0 Å².